The number of aryl methyl sites for hydroxylation is 1. The molecule has 0 aliphatic heterocycles. The van der Waals surface area contributed by atoms with Gasteiger partial charge >= 0.3 is 0 Å². The average molecular weight is 215 g/mol. The van der Waals surface area contributed by atoms with E-state index < -0.39 is 0 Å². The van der Waals surface area contributed by atoms with Crippen LogP contribution in [0.5, 0.6) is 0 Å². The lowest BCUT2D eigenvalue weighted by Gasteiger charge is -2.48. The summed E-state index contributed by atoms with van der Waals surface area (Å²) in [5, 5.41) is 3.47. The van der Waals surface area contributed by atoms with Crippen LogP contribution in [-0.2, 0) is 5.41 Å². The molecule has 1 aromatic carbocycles. The minimum atomic E-state index is 0.564. The minimum absolute atomic E-state index is 0.564. The molecule has 0 radical (unpaired) electrons. The van der Waals surface area contributed by atoms with Crippen LogP contribution in [0.25, 0.3) is 0 Å². The van der Waals surface area contributed by atoms with Gasteiger partial charge in [-0.2, -0.15) is 0 Å². The van der Waals surface area contributed by atoms with Crippen LogP contribution < -0.4 is 5.32 Å². The molecule has 0 aromatic heterocycles. The molecular weight excluding hydrogens is 194 g/mol. The van der Waals surface area contributed by atoms with Crippen molar-refractivity contribution in [2.24, 2.45) is 0 Å². The summed E-state index contributed by atoms with van der Waals surface area (Å²) < 4.78 is 0. The molecule has 0 heterocycles. The summed E-state index contributed by atoms with van der Waals surface area (Å²) in [7, 11) is 2.09. The Hall–Kier alpha value is -0.820. The normalized spacial score (nSPS) is 26.2. The molecule has 1 nitrogen and oxygen atoms in total. The third-order valence-corrected chi connectivity index (χ3v) is 4.73. The van der Waals surface area contributed by atoms with E-state index in [1.165, 1.54) is 37.7 Å². The minimum Gasteiger partial charge on any atom is -0.313 e. The zero-order valence-electron chi connectivity index (χ0n) is 10.3. The molecule has 1 heteroatoms. The monoisotopic (exact) mass is 215 g/mol. The Balaban J connectivity index is 2.10. The predicted octanol–water partition coefficient (Wildman–Crippen LogP) is 3.47. The Morgan fingerprint density at radius 1 is 1.25 bits per heavy atom. The van der Waals surface area contributed by atoms with E-state index in [2.05, 4.69) is 37.5 Å². The van der Waals surface area contributed by atoms with Crippen LogP contribution in [0.1, 0.15) is 54.8 Å². The van der Waals surface area contributed by atoms with Gasteiger partial charge in [0.25, 0.3) is 0 Å². The molecule has 1 spiro atoms. The molecule has 0 bridgehead atoms. The van der Waals surface area contributed by atoms with Crippen molar-refractivity contribution in [1.29, 1.82) is 0 Å². The second-order valence-corrected chi connectivity index (χ2v) is 5.60. The summed E-state index contributed by atoms with van der Waals surface area (Å²) in [6, 6.07) is 7.64. The summed E-state index contributed by atoms with van der Waals surface area (Å²) in [5.41, 5.74) is 5.21. The maximum atomic E-state index is 3.47. The second kappa shape index (κ2) is 3.59. The van der Waals surface area contributed by atoms with Gasteiger partial charge < -0.3 is 5.32 Å². The van der Waals surface area contributed by atoms with Crippen molar-refractivity contribution in [2.45, 2.75) is 50.5 Å². The van der Waals surface area contributed by atoms with Crippen LogP contribution >= 0.6 is 0 Å². The van der Waals surface area contributed by atoms with Crippen molar-refractivity contribution in [1.82, 2.24) is 5.32 Å². The van der Waals surface area contributed by atoms with Gasteiger partial charge in [-0.05, 0) is 56.2 Å². The Morgan fingerprint density at radius 3 is 2.69 bits per heavy atom. The summed E-state index contributed by atoms with van der Waals surface area (Å²) in [4.78, 5) is 0. The van der Waals surface area contributed by atoms with Crippen molar-refractivity contribution >= 4 is 0 Å². The standard InChI is InChI=1S/C15H21N/c1-11-4-5-12-13(10-11)15(7-3-8-15)9-6-14(12)16-2/h4-5,10,14,16H,3,6-9H2,1-2H3. The van der Waals surface area contributed by atoms with Crippen molar-refractivity contribution in [3.8, 4) is 0 Å². The SMILES string of the molecule is CNC1CCC2(CCC2)c2cc(C)ccc21. The highest BCUT2D eigenvalue weighted by molar-refractivity contribution is 5.43. The number of nitrogens with one attached hydrogen (secondary N) is 1. The third kappa shape index (κ3) is 1.34. The topological polar surface area (TPSA) is 12.0 Å². The van der Waals surface area contributed by atoms with Crippen LogP contribution in [0.15, 0.2) is 18.2 Å². The molecule has 1 N–H and O–H groups in total. The van der Waals surface area contributed by atoms with Crippen LogP contribution in [0.3, 0.4) is 0 Å². The van der Waals surface area contributed by atoms with Gasteiger partial charge in [-0.3, -0.25) is 0 Å². The highest BCUT2D eigenvalue weighted by Gasteiger charge is 2.43. The van der Waals surface area contributed by atoms with Crippen LogP contribution in [0.4, 0.5) is 0 Å². The molecule has 1 fully saturated rings. The highest BCUT2D eigenvalue weighted by Crippen LogP contribution is 2.53. The molecule has 1 saturated carbocycles. The fraction of sp³-hybridized carbons (Fsp3) is 0.600. The maximum absolute atomic E-state index is 3.47. The first-order valence-electron chi connectivity index (χ1n) is 6.53. The largest absolute Gasteiger partial charge is 0.313 e. The first kappa shape index (κ1) is 10.3. The molecule has 2 aliphatic carbocycles. The quantitative estimate of drug-likeness (QED) is 0.756. The Bertz CT molecular complexity index is 404. The first-order valence-corrected chi connectivity index (χ1v) is 6.53. The summed E-state index contributed by atoms with van der Waals surface area (Å²) in [5.74, 6) is 0. The summed E-state index contributed by atoms with van der Waals surface area (Å²) in [6.45, 7) is 2.22. The van der Waals surface area contributed by atoms with Crippen molar-refractivity contribution in [3.05, 3.63) is 34.9 Å². The molecule has 2 aliphatic rings. The van der Waals surface area contributed by atoms with E-state index in [4.69, 9.17) is 0 Å². The van der Waals surface area contributed by atoms with Crippen molar-refractivity contribution in [3.63, 3.8) is 0 Å². The Morgan fingerprint density at radius 2 is 2.06 bits per heavy atom. The number of fused-ring (bicyclic) bond motifs is 2. The Kier molecular flexibility index (Phi) is 2.32. The maximum Gasteiger partial charge on any atom is 0.0320 e. The average Bonchev–Trinajstić information content (AvgIpc) is 2.25. The van der Waals surface area contributed by atoms with Crippen LogP contribution in [-0.4, -0.2) is 7.05 Å². The zero-order valence-corrected chi connectivity index (χ0v) is 10.3. The molecule has 86 valence electrons. The molecule has 3 rings (SSSR count). The summed E-state index contributed by atoms with van der Waals surface area (Å²) >= 11 is 0. The number of hydrogen-bond donors (Lipinski definition) is 1. The van der Waals surface area contributed by atoms with Crippen molar-refractivity contribution in [2.75, 3.05) is 7.05 Å². The van der Waals surface area contributed by atoms with E-state index in [-0.39, 0.29) is 0 Å². The molecule has 0 saturated heterocycles. The molecule has 1 unspecified atom stereocenters. The van der Waals surface area contributed by atoms with Gasteiger partial charge in [-0.25, -0.2) is 0 Å². The van der Waals surface area contributed by atoms with Gasteiger partial charge in [-0.1, -0.05) is 30.2 Å². The highest BCUT2D eigenvalue weighted by atomic mass is 14.9. The van der Waals surface area contributed by atoms with Crippen LogP contribution in [0.2, 0.25) is 0 Å². The van der Waals surface area contributed by atoms with Gasteiger partial charge in [0.05, 0.1) is 0 Å². The van der Waals surface area contributed by atoms with Gasteiger partial charge in [-0.15, -0.1) is 0 Å². The second-order valence-electron chi connectivity index (χ2n) is 5.60. The lowest BCUT2D eigenvalue weighted by atomic mass is 9.57. The molecule has 1 aromatic rings. The lowest BCUT2D eigenvalue weighted by molar-refractivity contribution is 0.194. The van der Waals surface area contributed by atoms with E-state index in [0.717, 1.165) is 0 Å². The summed E-state index contributed by atoms with van der Waals surface area (Å²) in [6.07, 6.45) is 6.96. The Labute approximate surface area is 98.3 Å². The molecule has 1 atom stereocenters. The smallest absolute Gasteiger partial charge is 0.0320 e. The molecular formula is C15H21N. The number of rotatable bonds is 1. The lowest BCUT2D eigenvalue weighted by Crippen LogP contribution is -2.40. The predicted molar refractivity (Wildman–Crippen MR) is 67.7 cm³/mol. The zero-order chi connectivity index (χ0) is 11.2. The van der Waals surface area contributed by atoms with Gasteiger partial charge in [0.2, 0.25) is 0 Å². The molecule has 0 amide bonds. The number of benzene rings is 1. The van der Waals surface area contributed by atoms with Gasteiger partial charge in [0, 0.05) is 6.04 Å². The van der Waals surface area contributed by atoms with Crippen molar-refractivity contribution < 1.29 is 0 Å². The number of hydrogen-bond acceptors (Lipinski definition) is 1. The van der Waals surface area contributed by atoms with Crippen LogP contribution in [0, 0.1) is 6.92 Å². The van der Waals surface area contributed by atoms with E-state index in [1.54, 1.807) is 11.1 Å². The third-order valence-electron chi connectivity index (χ3n) is 4.73. The first-order chi connectivity index (χ1) is 7.75. The van der Waals surface area contributed by atoms with E-state index >= 15 is 0 Å². The van der Waals surface area contributed by atoms with Gasteiger partial charge in [0.15, 0.2) is 0 Å². The fourth-order valence-electron chi connectivity index (χ4n) is 3.57. The fourth-order valence-corrected chi connectivity index (χ4v) is 3.57. The van der Waals surface area contributed by atoms with Gasteiger partial charge in [0.1, 0.15) is 0 Å². The van der Waals surface area contributed by atoms with E-state index in [1.807, 2.05) is 0 Å². The van der Waals surface area contributed by atoms with E-state index in [9.17, 15) is 0 Å². The van der Waals surface area contributed by atoms with E-state index in [0.29, 0.717) is 11.5 Å². The molecule has 16 heavy (non-hydrogen) atoms.